The standard InChI is InChI=1S/C17H15ClF3NO2/c1-22(10-12-5-7-14(18)8-6-12)16(23)11-24-15-4-2-3-13(9-15)17(19,20)21/h2-9H,10-11H2,1H3. The van der Waals surface area contributed by atoms with Crippen molar-refractivity contribution < 1.29 is 22.7 Å². The molecular weight excluding hydrogens is 343 g/mol. The lowest BCUT2D eigenvalue weighted by atomic mass is 10.2. The molecule has 0 unspecified atom stereocenters. The lowest BCUT2D eigenvalue weighted by Gasteiger charge is -2.18. The highest BCUT2D eigenvalue weighted by atomic mass is 35.5. The van der Waals surface area contributed by atoms with Gasteiger partial charge in [0.1, 0.15) is 5.75 Å². The highest BCUT2D eigenvalue weighted by Crippen LogP contribution is 2.31. The molecule has 0 atom stereocenters. The van der Waals surface area contributed by atoms with Gasteiger partial charge in [-0.25, -0.2) is 0 Å². The molecule has 0 aliphatic heterocycles. The Morgan fingerprint density at radius 3 is 2.46 bits per heavy atom. The van der Waals surface area contributed by atoms with Gasteiger partial charge in [0.2, 0.25) is 0 Å². The van der Waals surface area contributed by atoms with E-state index in [0.29, 0.717) is 11.6 Å². The molecule has 0 saturated carbocycles. The Bertz CT molecular complexity index is 702. The number of carbonyl (C=O) groups is 1. The molecule has 0 radical (unpaired) electrons. The number of hydrogen-bond acceptors (Lipinski definition) is 2. The zero-order valence-electron chi connectivity index (χ0n) is 12.8. The molecule has 0 spiro atoms. The van der Waals surface area contributed by atoms with Crippen LogP contribution in [0, 0.1) is 0 Å². The number of nitrogens with zero attached hydrogens (tertiary/aromatic N) is 1. The van der Waals surface area contributed by atoms with E-state index in [1.807, 2.05) is 0 Å². The monoisotopic (exact) mass is 357 g/mol. The molecule has 0 fully saturated rings. The van der Waals surface area contributed by atoms with E-state index in [0.717, 1.165) is 17.7 Å². The number of benzene rings is 2. The van der Waals surface area contributed by atoms with E-state index in [1.165, 1.54) is 17.0 Å². The first-order valence-corrected chi connectivity index (χ1v) is 7.42. The van der Waals surface area contributed by atoms with Crippen molar-refractivity contribution in [1.82, 2.24) is 4.90 Å². The van der Waals surface area contributed by atoms with E-state index >= 15 is 0 Å². The number of alkyl halides is 3. The predicted octanol–water partition coefficient (Wildman–Crippen LogP) is 4.40. The topological polar surface area (TPSA) is 29.5 Å². The van der Waals surface area contributed by atoms with Crippen molar-refractivity contribution in [2.24, 2.45) is 0 Å². The Morgan fingerprint density at radius 2 is 1.83 bits per heavy atom. The molecule has 2 aromatic rings. The van der Waals surface area contributed by atoms with E-state index in [4.69, 9.17) is 16.3 Å². The number of likely N-dealkylation sites (N-methyl/N-ethyl adjacent to an activating group) is 1. The van der Waals surface area contributed by atoms with Gasteiger partial charge in [-0.15, -0.1) is 0 Å². The molecule has 128 valence electrons. The summed E-state index contributed by atoms with van der Waals surface area (Å²) in [6, 6.07) is 11.4. The maximum Gasteiger partial charge on any atom is 0.416 e. The first-order chi connectivity index (χ1) is 11.3. The second kappa shape index (κ2) is 7.57. The summed E-state index contributed by atoms with van der Waals surface area (Å²) in [5.74, 6) is -0.347. The molecule has 7 heteroatoms. The molecule has 3 nitrogen and oxygen atoms in total. The molecule has 2 rings (SSSR count). The Hall–Kier alpha value is -2.21. The molecule has 0 aromatic heterocycles. The summed E-state index contributed by atoms with van der Waals surface area (Å²) in [6.07, 6.45) is -4.45. The average Bonchev–Trinajstić information content (AvgIpc) is 2.54. The summed E-state index contributed by atoms with van der Waals surface area (Å²) in [6.45, 7) is 0.00729. The van der Waals surface area contributed by atoms with Crippen molar-refractivity contribution >= 4 is 17.5 Å². The number of carbonyl (C=O) groups excluding carboxylic acids is 1. The van der Waals surface area contributed by atoms with Crippen LogP contribution in [0.3, 0.4) is 0 Å². The molecular formula is C17H15ClF3NO2. The first kappa shape index (κ1) is 18.1. The maximum atomic E-state index is 12.6. The minimum Gasteiger partial charge on any atom is -0.484 e. The van der Waals surface area contributed by atoms with Crippen LogP contribution in [-0.2, 0) is 17.5 Å². The van der Waals surface area contributed by atoms with E-state index in [9.17, 15) is 18.0 Å². The second-order valence-corrected chi connectivity index (χ2v) is 5.63. The number of amides is 1. The summed E-state index contributed by atoms with van der Waals surface area (Å²) >= 11 is 5.79. The Morgan fingerprint density at radius 1 is 1.17 bits per heavy atom. The number of ether oxygens (including phenoxy) is 1. The van der Waals surface area contributed by atoms with E-state index in [-0.39, 0.29) is 18.3 Å². The molecule has 0 aliphatic rings. The van der Waals surface area contributed by atoms with Crippen molar-refractivity contribution in [3.8, 4) is 5.75 Å². The zero-order chi connectivity index (χ0) is 17.7. The summed E-state index contributed by atoms with van der Waals surface area (Å²) in [7, 11) is 1.59. The molecule has 0 N–H and O–H groups in total. The summed E-state index contributed by atoms with van der Waals surface area (Å²) < 4.78 is 43.0. The molecule has 2 aromatic carbocycles. The molecule has 0 aliphatic carbocycles. The Balaban J connectivity index is 1.91. The van der Waals surface area contributed by atoms with Gasteiger partial charge in [0.05, 0.1) is 5.56 Å². The van der Waals surface area contributed by atoms with Crippen LogP contribution in [0.2, 0.25) is 5.02 Å². The highest BCUT2D eigenvalue weighted by molar-refractivity contribution is 6.30. The second-order valence-electron chi connectivity index (χ2n) is 5.19. The SMILES string of the molecule is CN(Cc1ccc(Cl)cc1)C(=O)COc1cccc(C(F)(F)F)c1. The van der Waals surface area contributed by atoms with Crippen molar-refractivity contribution in [3.63, 3.8) is 0 Å². The van der Waals surface area contributed by atoms with Crippen LogP contribution in [0.4, 0.5) is 13.2 Å². The van der Waals surface area contributed by atoms with Gasteiger partial charge >= 0.3 is 6.18 Å². The lowest BCUT2D eigenvalue weighted by Crippen LogP contribution is -2.30. The molecule has 0 heterocycles. The van der Waals surface area contributed by atoms with Gasteiger partial charge in [0.15, 0.2) is 6.61 Å². The molecule has 24 heavy (non-hydrogen) atoms. The van der Waals surface area contributed by atoms with Gasteiger partial charge in [0.25, 0.3) is 5.91 Å². The number of halogens is 4. The van der Waals surface area contributed by atoms with Gasteiger partial charge in [0, 0.05) is 18.6 Å². The van der Waals surface area contributed by atoms with Gasteiger partial charge in [-0.05, 0) is 35.9 Å². The third-order valence-electron chi connectivity index (χ3n) is 3.28. The lowest BCUT2D eigenvalue weighted by molar-refractivity contribution is -0.137. The van der Waals surface area contributed by atoms with Crippen LogP contribution in [0.15, 0.2) is 48.5 Å². The summed E-state index contributed by atoms with van der Waals surface area (Å²) in [4.78, 5) is 13.4. The van der Waals surface area contributed by atoms with Crippen molar-refractivity contribution in [1.29, 1.82) is 0 Å². The van der Waals surface area contributed by atoms with Gasteiger partial charge in [-0.3, -0.25) is 4.79 Å². The average molecular weight is 358 g/mol. The van der Waals surface area contributed by atoms with Crippen LogP contribution in [0.5, 0.6) is 5.75 Å². The molecule has 0 bridgehead atoms. The molecule has 1 amide bonds. The predicted molar refractivity (Wildman–Crippen MR) is 84.9 cm³/mol. The van der Waals surface area contributed by atoms with E-state index < -0.39 is 11.7 Å². The van der Waals surface area contributed by atoms with E-state index in [2.05, 4.69) is 0 Å². The maximum absolute atomic E-state index is 12.6. The third-order valence-corrected chi connectivity index (χ3v) is 3.53. The van der Waals surface area contributed by atoms with Gasteiger partial charge in [-0.1, -0.05) is 29.8 Å². The minimum atomic E-state index is -4.45. The van der Waals surface area contributed by atoms with Crippen LogP contribution < -0.4 is 4.74 Å². The zero-order valence-corrected chi connectivity index (χ0v) is 13.6. The highest BCUT2D eigenvalue weighted by Gasteiger charge is 2.30. The van der Waals surface area contributed by atoms with E-state index in [1.54, 1.807) is 31.3 Å². The molecule has 0 saturated heterocycles. The van der Waals surface area contributed by atoms with Gasteiger partial charge < -0.3 is 9.64 Å². The fourth-order valence-corrected chi connectivity index (χ4v) is 2.10. The van der Waals surface area contributed by atoms with Crippen LogP contribution in [0.1, 0.15) is 11.1 Å². The van der Waals surface area contributed by atoms with Gasteiger partial charge in [-0.2, -0.15) is 13.2 Å². The quantitative estimate of drug-likeness (QED) is 0.794. The van der Waals surface area contributed by atoms with Crippen LogP contribution in [0.25, 0.3) is 0 Å². The van der Waals surface area contributed by atoms with Crippen LogP contribution in [-0.4, -0.2) is 24.5 Å². The fraction of sp³-hybridized carbons (Fsp3) is 0.235. The van der Waals surface area contributed by atoms with Crippen molar-refractivity contribution in [2.45, 2.75) is 12.7 Å². The third kappa shape index (κ3) is 5.16. The Labute approximate surface area is 142 Å². The number of rotatable bonds is 5. The first-order valence-electron chi connectivity index (χ1n) is 7.04. The fourth-order valence-electron chi connectivity index (χ4n) is 1.97. The summed E-state index contributed by atoms with van der Waals surface area (Å²) in [5.41, 5.74) is 0.0660. The smallest absolute Gasteiger partial charge is 0.416 e. The summed E-state index contributed by atoms with van der Waals surface area (Å²) in [5, 5.41) is 0.598. The minimum absolute atomic E-state index is 0.00179. The van der Waals surface area contributed by atoms with Crippen molar-refractivity contribution in [3.05, 3.63) is 64.7 Å². The number of hydrogen-bond donors (Lipinski definition) is 0. The largest absolute Gasteiger partial charge is 0.484 e. The van der Waals surface area contributed by atoms with Crippen LogP contribution >= 0.6 is 11.6 Å². The normalized spacial score (nSPS) is 11.2. The Kier molecular flexibility index (Phi) is 5.72. The van der Waals surface area contributed by atoms with Crippen molar-refractivity contribution in [2.75, 3.05) is 13.7 Å².